The van der Waals surface area contributed by atoms with Crippen LogP contribution in [0.2, 0.25) is 0 Å². The van der Waals surface area contributed by atoms with Crippen molar-refractivity contribution in [2.45, 2.75) is 46.0 Å². The van der Waals surface area contributed by atoms with Crippen LogP contribution in [0.1, 0.15) is 46.0 Å². The molecule has 0 radical (unpaired) electrons. The molecule has 0 spiro atoms. The Labute approximate surface area is 90.5 Å². The molecule has 3 heteroatoms. The van der Waals surface area contributed by atoms with E-state index in [4.69, 9.17) is 4.74 Å². The first-order valence-electron chi connectivity index (χ1n) is 5.54. The van der Waals surface area contributed by atoms with E-state index in [0.29, 0.717) is 6.29 Å². The maximum absolute atomic E-state index is 11.3. The predicted molar refractivity (Wildman–Crippen MR) is 57.1 cm³/mol. The highest BCUT2D eigenvalue weighted by atomic mass is 16.5. The molecule has 0 aromatic heterocycles. The van der Waals surface area contributed by atoms with Crippen LogP contribution in [0.4, 0.5) is 0 Å². The standard InChI is InChI=1S/C12H18O3/c1-9(2)12(14)15-11(8-13)10-6-4-3-5-7-10/h8-9H,3-7H2,1-2H3. The fourth-order valence-electron chi connectivity index (χ4n) is 1.63. The summed E-state index contributed by atoms with van der Waals surface area (Å²) in [7, 11) is 0. The Kier molecular flexibility index (Phi) is 4.53. The molecule has 1 fully saturated rings. The van der Waals surface area contributed by atoms with Crippen molar-refractivity contribution in [3.63, 3.8) is 0 Å². The Morgan fingerprint density at radius 1 is 1.27 bits per heavy atom. The molecule has 1 aliphatic rings. The predicted octanol–water partition coefficient (Wildman–Crippen LogP) is 2.60. The van der Waals surface area contributed by atoms with E-state index in [1.165, 1.54) is 6.42 Å². The van der Waals surface area contributed by atoms with Crippen LogP contribution in [0.15, 0.2) is 11.3 Å². The lowest BCUT2D eigenvalue weighted by atomic mass is 9.94. The lowest BCUT2D eigenvalue weighted by molar-refractivity contribution is -0.144. The fourth-order valence-corrected chi connectivity index (χ4v) is 1.63. The molecule has 15 heavy (non-hydrogen) atoms. The smallest absolute Gasteiger partial charge is 0.313 e. The van der Waals surface area contributed by atoms with E-state index in [-0.39, 0.29) is 17.6 Å². The summed E-state index contributed by atoms with van der Waals surface area (Å²) in [5.41, 5.74) is 1.00. The van der Waals surface area contributed by atoms with E-state index in [9.17, 15) is 9.59 Å². The molecule has 0 saturated heterocycles. The molecule has 0 bridgehead atoms. The third kappa shape index (κ3) is 3.50. The van der Waals surface area contributed by atoms with Crippen molar-refractivity contribution in [2.24, 2.45) is 5.92 Å². The molecule has 0 aromatic carbocycles. The maximum atomic E-state index is 11.3. The van der Waals surface area contributed by atoms with Gasteiger partial charge in [-0.1, -0.05) is 20.3 Å². The summed E-state index contributed by atoms with van der Waals surface area (Å²) in [6.07, 6.45) is 5.82. The number of allylic oxidation sites excluding steroid dienone is 2. The summed E-state index contributed by atoms with van der Waals surface area (Å²) in [4.78, 5) is 22.2. The first kappa shape index (κ1) is 12.0. The van der Waals surface area contributed by atoms with E-state index < -0.39 is 0 Å². The van der Waals surface area contributed by atoms with Gasteiger partial charge < -0.3 is 4.74 Å². The van der Waals surface area contributed by atoms with Crippen molar-refractivity contribution in [2.75, 3.05) is 0 Å². The molecule has 0 unspecified atom stereocenters. The Bertz CT molecular complexity index is 269. The normalized spacial score (nSPS) is 16.3. The number of ether oxygens (including phenoxy) is 1. The molecule has 0 heterocycles. The minimum Gasteiger partial charge on any atom is -0.423 e. The molecular weight excluding hydrogens is 192 g/mol. The summed E-state index contributed by atoms with van der Waals surface area (Å²) in [5, 5.41) is 0. The quantitative estimate of drug-likeness (QED) is 0.311. The van der Waals surface area contributed by atoms with Crippen LogP contribution in [-0.4, -0.2) is 12.3 Å². The number of carbonyl (C=O) groups excluding carboxylic acids is 2. The van der Waals surface area contributed by atoms with Crippen molar-refractivity contribution < 1.29 is 14.3 Å². The molecule has 3 nitrogen and oxygen atoms in total. The molecule has 0 aliphatic heterocycles. The molecule has 1 saturated carbocycles. The number of carbonyl (C=O) groups is 2. The zero-order chi connectivity index (χ0) is 11.3. The number of rotatable bonds is 3. The molecule has 0 aromatic rings. The minimum atomic E-state index is -0.324. The number of esters is 1. The third-order valence-electron chi connectivity index (χ3n) is 2.59. The van der Waals surface area contributed by atoms with Gasteiger partial charge in [0.25, 0.3) is 0 Å². The minimum absolute atomic E-state index is 0.191. The van der Waals surface area contributed by atoms with Crippen molar-refractivity contribution in [1.82, 2.24) is 0 Å². The first-order chi connectivity index (χ1) is 7.15. The molecular formula is C12H18O3. The SMILES string of the molecule is CC(C)C(=O)OC(C=O)=C1CCCCC1. The van der Waals surface area contributed by atoms with E-state index in [0.717, 1.165) is 31.3 Å². The van der Waals surface area contributed by atoms with Gasteiger partial charge in [0.1, 0.15) is 0 Å². The van der Waals surface area contributed by atoms with Crippen molar-refractivity contribution in [3.8, 4) is 0 Å². The maximum Gasteiger partial charge on any atom is 0.313 e. The van der Waals surface area contributed by atoms with Crippen molar-refractivity contribution >= 4 is 12.3 Å². The third-order valence-corrected chi connectivity index (χ3v) is 2.59. The van der Waals surface area contributed by atoms with Crippen LogP contribution in [0.3, 0.4) is 0 Å². The first-order valence-corrected chi connectivity index (χ1v) is 5.54. The Balaban J connectivity index is 2.69. The fraction of sp³-hybridized carbons (Fsp3) is 0.667. The number of hydrogen-bond acceptors (Lipinski definition) is 3. The molecule has 84 valence electrons. The lowest BCUT2D eigenvalue weighted by Gasteiger charge is -2.16. The van der Waals surface area contributed by atoms with Crippen LogP contribution >= 0.6 is 0 Å². The number of aldehydes is 1. The molecule has 1 rings (SSSR count). The van der Waals surface area contributed by atoms with Gasteiger partial charge in [0.05, 0.1) is 5.92 Å². The van der Waals surface area contributed by atoms with Crippen LogP contribution < -0.4 is 0 Å². The highest BCUT2D eigenvalue weighted by Crippen LogP contribution is 2.25. The highest BCUT2D eigenvalue weighted by molar-refractivity contribution is 5.80. The van der Waals surface area contributed by atoms with Crippen LogP contribution in [0.25, 0.3) is 0 Å². The Morgan fingerprint density at radius 3 is 2.33 bits per heavy atom. The summed E-state index contributed by atoms with van der Waals surface area (Å²) in [6, 6.07) is 0. The van der Waals surface area contributed by atoms with Gasteiger partial charge in [-0.3, -0.25) is 9.59 Å². The van der Waals surface area contributed by atoms with Gasteiger partial charge in [-0.2, -0.15) is 0 Å². The van der Waals surface area contributed by atoms with Crippen molar-refractivity contribution in [3.05, 3.63) is 11.3 Å². The van der Waals surface area contributed by atoms with Gasteiger partial charge in [0.15, 0.2) is 12.0 Å². The summed E-state index contributed by atoms with van der Waals surface area (Å²) >= 11 is 0. The zero-order valence-electron chi connectivity index (χ0n) is 9.41. The van der Waals surface area contributed by atoms with E-state index in [1.807, 2.05) is 0 Å². The summed E-state index contributed by atoms with van der Waals surface area (Å²) in [6.45, 7) is 3.52. The van der Waals surface area contributed by atoms with Gasteiger partial charge in [0.2, 0.25) is 0 Å². The molecule has 0 atom stereocenters. The summed E-state index contributed by atoms with van der Waals surface area (Å²) in [5.74, 6) is -0.257. The van der Waals surface area contributed by atoms with E-state index in [2.05, 4.69) is 0 Å². The van der Waals surface area contributed by atoms with E-state index >= 15 is 0 Å². The average Bonchev–Trinajstić information content (AvgIpc) is 2.26. The molecule has 1 aliphatic carbocycles. The van der Waals surface area contributed by atoms with E-state index in [1.54, 1.807) is 13.8 Å². The monoisotopic (exact) mass is 210 g/mol. The summed E-state index contributed by atoms with van der Waals surface area (Å²) < 4.78 is 5.07. The largest absolute Gasteiger partial charge is 0.423 e. The van der Waals surface area contributed by atoms with Gasteiger partial charge >= 0.3 is 5.97 Å². The Hall–Kier alpha value is -1.12. The van der Waals surface area contributed by atoms with Crippen LogP contribution in [0.5, 0.6) is 0 Å². The van der Waals surface area contributed by atoms with Gasteiger partial charge in [-0.05, 0) is 31.3 Å². The van der Waals surface area contributed by atoms with Crippen LogP contribution in [0, 0.1) is 5.92 Å². The second kappa shape index (κ2) is 5.69. The number of hydrogen-bond donors (Lipinski definition) is 0. The zero-order valence-corrected chi connectivity index (χ0v) is 9.41. The second-order valence-corrected chi connectivity index (χ2v) is 4.22. The molecule has 0 amide bonds. The lowest BCUT2D eigenvalue weighted by Crippen LogP contribution is -2.14. The van der Waals surface area contributed by atoms with Crippen molar-refractivity contribution in [1.29, 1.82) is 0 Å². The topological polar surface area (TPSA) is 43.4 Å². The van der Waals surface area contributed by atoms with Crippen LogP contribution in [-0.2, 0) is 14.3 Å². The van der Waals surface area contributed by atoms with Gasteiger partial charge in [-0.25, -0.2) is 0 Å². The Morgan fingerprint density at radius 2 is 1.87 bits per heavy atom. The highest BCUT2D eigenvalue weighted by Gasteiger charge is 2.16. The van der Waals surface area contributed by atoms with Gasteiger partial charge in [-0.15, -0.1) is 0 Å². The second-order valence-electron chi connectivity index (χ2n) is 4.22. The average molecular weight is 210 g/mol. The molecule has 0 N–H and O–H groups in total. The van der Waals surface area contributed by atoms with Gasteiger partial charge in [0, 0.05) is 0 Å².